The van der Waals surface area contributed by atoms with Crippen molar-refractivity contribution in [2.75, 3.05) is 0 Å². The molecule has 0 heterocycles. The second-order valence-electron chi connectivity index (χ2n) is 5.76. The Labute approximate surface area is 157 Å². The number of rotatable bonds is 0. The van der Waals surface area contributed by atoms with E-state index in [9.17, 15) is 0 Å². The van der Waals surface area contributed by atoms with Crippen molar-refractivity contribution >= 4 is 0 Å². The molecule has 3 aromatic carbocycles. The van der Waals surface area contributed by atoms with Gasteiger partial charge in [-0.05, 0) is 57.2 Å². The first-order valence-corrected chi connectivity index (χ1v) is 8.07. The maximum Gasteiger partial charge on any atom is 0.122 e. The topological polar surface area (TPSA) is 121 Å². The van der Waals surface area contributed by atoms with Gasteiger partial charge in [-0.3, -0.25) is 0 Å². The van der Waals surface area contributed by atoms with Gasteiger partial charge in [-0.25, -0.2) is 0 Å². The van der Waals surface area contributed by atoms with Gasteiger partial charge in [0, 0.05) is 16.7 Å². The van der Waals surface area contributed by atoms with Crippen molar-refractivity contribution in [3.05, 3.63) is 71.3 Å². The summed E-state index contributed by atoms with van der Waals surface area (Å²) in [4.78, 5) is 0. The van der Waals surface area contributed by atoms with Crippen LogP contribution in [-0.4, -0.2) is 30.6 Å². The van der Waals surface area contributed by atoms with Crippen molar-refractivity contribution in [3.8, 4) is 34.5 Å². The Hall–Kier alpha value is -3.54. The lowest BCUT2D eigenvalue weighted by atomic mass is 10.2. The highest BCUT2D eigenvalue weighted by Crippen LogP contribution is 2.25. The Kier molecular flexibility index (Phi) is 7.82. The van der Waals surface area contributed by atoms with E-state index in [1.807, 2.05) is 0 Å². The van der Waals surface area contributed by atoms with Crippen LogP contribution in [0.2, 0.25) is 0 Å². The third-order valence-corrected chi connectivity index (χ3v) is 3.83. The SMILES string of the molecule is Cc1c(O)cccc1O.Cc1c(O)cccc1O.Cc1c(O)cccc1O. The standard InChI is InChI=1S/3C7H8O2/c3*1-5-6(8)3-2-4-7(5)9/h3*2-4,8-9H,1H3. The maximum atomic E-state index is 8.94. The summed E-state index contributed by atoms with van der Waals surface area (Å²) >= 11 is 0. The Morgan fingerprint density at radius 1 is 0.370 bits per heavy atom. The smallest absolute Gasteiger partial charge is 0.122 e. The predicted octanol–water partition coefficient (Wildman–Crippen LogP) is 4.22. The van der Waals surface area contributed by atoms with Crippen LogP contribution in [0.1, 0.15) is 16.7 Å². The van der Waals surface area contributed by atoms with E-state index in [2.05, 4.69) is 0 Å². The van der Waals surface area contributed by atoms with E-state index < -0.39 is 0 Å². The summed E-state index contributed by atoms with van der Waals surface area (Å²) in [5.74, 6) is 0.806. The molecule has 0 spiro atoms. The molecule has 0 saturated carbocycles. The normalized spacial score (nSPS) is 9.44. The highest BCUT2D eigenvalue weighted by atomic mass is 16.3. The number of phenols is 6. The lowest BCUT2D eigenvalue weighted by Gasteiger charge is -1.98. The Balaban J connectivity index is 0.000000202. The predicted molar refractivity (Wildman–Crippen MR) is 104 cm³/mol. The van der Waals surface area contributed by atoms with E-state index in [1.54, 1.807) is 39.0 Å². The van der Waals surface area contributed by atoms with Crippen molar-refractivity contribution in [2.45, 2.75) is 20.8 Å². The highest BCUT2D eigenvalue weighted by Gasteiger charge is 1.98. The van der Waals surface area contributed by atoms with Gasteiger partial charge in [0.15, 0.2) is 0 Å². The third-order valence-electron chi connectivity index (χ3n) is 3.83. The molecule has 0 saturated heterocycles. The minimum atomic E-state index is 0.134. The van der Waals surface area contributed by atoms with Gasteiger partial charge in [0.25, 0.3) is 0 Å². The Morgan fingerprint density at radius 3 is 0.630 bits per heavy atom. The summed E-state index contributed by atoms with van der Waals surface area (Å²) in [5.41, 5.74) is 1.58. The maximum absolute atomic E-state index is 8.94. The quantitative estimate of drug-likeness (QED) is 0.351. The molecule has 27 heavy (non-hydrogen) atoms. The van der Waals surface area contributed by atoms with Crippen LogP contribution < -0.4 is 0 Å². The minimum Gasteiger partial charge on any atom is -0.508 e. The van der Waals surface area contributed by atoms with Gasteiger partial charge in [-0.1, -0.05) is 18.2 Å². The zero-order chi connectivity index (χ0) is 20.6. The van der Waals surface area contributed by atoms with Crippen LogP contribution in [0.3, 0.4) is 0 Å². The van der Waals surface area contributed by atoms with Crippen LogP contribution in [0.4, 0.5) is 0 Å². The van der Waals surface area contributed by atoms with Crippen LogP contribution in [0, 0.1) is 20.8 Å². The summed E-state index contributed by atoms with van der Waals surface area (Å²) in [6, 6.07) is 14.0. The molecule has 3 aromatic rings. The Morgan fingerprint density at radius 2 is 0.519 bits per heavy atom. The molecule has 144 valence electrons. The van der Waals surface area contributed by atoms with E-state index in [1.165, 1.54) is 36.4 Å². The first kappa shape index (κ1) is 21.5. The van der Waals surface area contributed by atoms with Gasteiger partial charge >= 0.3 is 0 Å². The van der Waals surface area contributed by atoms with Gasteiger partial charge < -0.3 is 30.6 Å². The van der Waals surface area contributed by atoms with E-state index in [4.69, 9.17) is 30.6 Å². The molecule has 6 nitrogen and oxygen atoms in total. The monoisotopic (exact) mass is 372 g/mol. The molecule has 6 N–H and O–H groups in total. The fourth-order valence-electron chi connectivity index (χ4n) is 1.83. The summed E-state index contributed by atoms with van der Waals surface area (Å²) in [7, 11) is 0. The lowest BCUT2D eigenvalue weighted by Crippen LogP contribution is -1.73. The third kappa shape index (κ3) is 6.36. The van der Waals surface area contributed by atoms with Crippen molar-refractivity contribution in [1.82, 2.24) is 0 Å². The Bertz CT molecular complexity index is 711. The fraction of sp³-hybridized carbons (Fsp3) is 0.143. The average Bonchev–Trinajstić information content (AvgIpc) is 2.63. The van der Waals surface area contributed by atoms with Gasteiger partial charge in [0.1, 0.15) is 34.5 Å². The van der Waals surface area contributed by atoms with Crippen LogP contribution in [0.15, 0.2) is 54.6 Å². The summed E-state index contributed by atoms with van der Waals surface area (Å²) in [5, 5.41) is 53.6. The molecule has 0 aliphatic carbocycles. The molecule has 0 bridgehead atoms. The molecule has 0 amide bonds. The number of benzene rings is 3. The summed E-state index contributed by atoms with van der Waals surface area (Å²) in [6.07, 6.45) is 0. The second-order valence-corrected chi connectivity index (χ2v) is 5.76. The number of phenolic OH excluding ortho intramolecular Hbond substituents is 6. The highest BCUT2D eigenvalue weighted by molar-refractivity contribution is 5.42. The largest absolute Gasteiger partial charge is 0.508 e. The number of hydrogen-bond donors (Lipinski definition) is 6. The van der Waals surface area contributed by atoms with Crippen LogP contribution in [0.5, 0.6) is 34.5 Å². The summed E-state index contributed by atoms with van der Waals surface area (Å²) in [6.45, 7) is 4.97. The zero-order valence-corrected chi connectivity index (χ0v) is 15.4. The fourth-order valence-corrected chi connectivity index (χ4v) is 1.83. The molecule has 0 radical (unpaired) electrons. The van der Waals surface area contributed by atoms with Gasteiger partial charge in [0.2, 0.25) is 0 Å². The molecular weight excluding hydrogens is 348 g/mol. The van der Waals surface area contributed by atoms with Crippen LogP contribution in [-0.2, 0) is 0 Å². The molecular formula is C21H24O6. The molecule has 3 rings (SSSR count). The van der Waals surface area contributed by atoms with E-state index >= 15 is 0 Å². The molecule has 6 heteroatoms. The molecule has 0 aliphatic rings. The van der Waals surface area contributed by atoms with E-state index in [0.717, 1.165) is 0 Å². The zero-order valence-electron chi connectivity index (χ0n) is 15.4. The molecule has 0 aromatic heterocycles. The number of aromatic hydroxyl groups is 6. The van der Waals surface area contributed by atoms with Gasteiger partial charge in [-0.2, -0.15) is 0 Å². The molecule has 0 atom stereocenters. The molecule has 0 aliphatic heterocycles. The van der Waals surface area contributed by atoms with Gasteiger partial charge in [0.05, 0.1) is 0 Å². The van der Waals surface area contributed by atoms with Crippen molar-refractivity contribution < 1.29 is 30.6 Å². The van der Waals surface area contributed by atoms with Crippen molar-refractivity contribution in [2.24, 2.45) is 0 Å². The molecule has 0 unspecified atom stereocenters. The minimum absolute atomic E-state index is 0.134. The average molecular weight is 372 g/mol. The number of hydrogen-bond acceptors (Lipinski definition) is 6. The van der Waals surface area contributed by atoms with E-state index in [0.29, 0.717) is 16.7 Å². The van der Waals surface area contributed by atoms with Gasteiger partial charge in [-0.15, -0.1) is 0 Å². The summed E-state index contributed by atoms with van der Waals surface area (Å²) < 4.78 is 0. The van der Waals surface area contributed by atoms with Crippen molar-refractivity contribution in [3.63, 3.8) is 0 Å². The first-order valence-electron chi connectivity index (χ1n) is 8.07. The first-order chi connectivity index (χ1) is 12.6. The lowest BCUT2D eigenvalue weighted by molar-refractivity contribution is 0.442. The van der Waals surface area contributed by atoms with E-state index in [-0.39, 0.29) is 34.5 Å². The second kappa shape index (κ2) is 9.82. The molecule has 0 fully saturated rings. The van der Waals surface area contributed by atoms with Crippen LogP contribution in [0.25, 0.3) is 0 Å². The van der Waals surface area contributed by atoms with Crippen molar-refractivity contribution in [1.29, 1.82) is 0 Å². The van der Waals surface area contributed by atoms with Crippen LogP contribution >= 0.6 is 0 Å².